The van der Waals surface area contributed by atoms with Crippen LogP contribution in [0.2, 0.25) is 0 Å². The van der Waals surface area contributed by atoms with E-state index in [1.807, 2.05) is 5.10 Å². The summed E-state index contributed by atoms with van der Waals surface area (Å²) in [6.45, 7) is 0. The number of hydrogen-bond donors (Lipinski definition) is 1. The summed E-state index contributed by atoms with van der Waals surface area (Å²) in [5, 5.41) is 5.40. The summed E-state index contributed by atoms with van der Waals surface area (Å²) in [5.41, 5.74) is -1.12. The zero-order valence-corrected chi connectivity index (χ0v) is 8.45. The normalized spacial score (nSPS) is 11.5. The van der Waals surface area contributed by atoms with Gasteiger partial charge in [0.1, 0.15) is 5.69 Å². The molecule has 0 atom stereocenters. The summed E-state index contributed by atoms with van der Waals surface area (Å²) in [5.74, 6) is 0. The summed E-state index contributed by atoms with van der Waals surface area (Å²) >= 11 is 0. The third kappa shape index (κ3) is 2.06. The standard InChI is InChI=1S/C11H7F3N2O/c12-11(13,14)10-8(6-17)9(15-16-10)7-4-2-1-3-5-7/h1-6H,(H,15,16). The molecule has 0 aliphatic rings. The smallest absolute Gasteiger partial charge is 0.298 e. The summed E-state index contributed by atoms with van der Waals surface area (Å²) in [6.07, 6.45) is -4.45. The highest BCUT2D eigenvalue weighted by Crippen LogP contribution is 2.33. The van der Waals surface area contributed by atoms with E-state index in [4.69, 9.17) is 0 Å². The quantitative estimate of drug-likeness (QED) is 0.820. The van der Waals surface area contributed by atoms with Crippen molar-refractivity contribution in [3.8, 4) is 11.3 Å². The fraction of sp³-hybridized carbons (Fsp3) is 0.0909. The van der Waals surface area contributed by atoms with E-state index in [0.29, 0.717) is 5.56 Å². The van der Waals surface area contributed by atoms with Crippen LogP contribution in [0.5, 0.6) is 0 Å². The van der Waals surface area contributed by atoms with E-state index in [2.05, 4.69) is 5.10 Å². The molecule has 0 fully saturated rings. The van der Waals surface area contributed by atoms with E-state index in [-0.39, 0.29) is 12.0 Å². The van der Waals surface area contributed by atoms with Gasteiger partial charge in [0.25, 0.3) is 0 Å². The average Bonchev–Trinajstić information content (AvgIpc) is 2.73. The zero-order chi connectivity index (χ0) is 12.5. The minimum absolute atomic E-state index is 0.00734. The number of rotatable bonds is 2. The number of carbonyl (C=O) groups is 1. The van der Waals surface area contributed by atoms with E-state index >= 15 is 0 Å². The number of alkyl halides is 3. The second kappa shape index (κ2) is 4.04. The second-order valence-corrected chi connectivity index (χ2v) is 3.34. The molecule has 1 N–H and O–H groups in total. The Morgan fingerprint density at radius 1 is 1.18 bits per heavy atom. The molecule has 0 aliphatic heterocycles. The predicted molar refractivity (Wildman–Crippen MR) is 54.4 cm³/mol. The highest BCUT2D eigenvalue weighted by atomic mass is 19.4. The number of halogens is 3. The molecule has 17 heavy (non-hydrogen) atoms. The number of aldehydes is 1. The summed E-state index contributed by atoms with van der Waals surface area (Å²) in [6, 6.07) is 8.21. The highest BCUT2D eigenvalue weighted by Gasteiger charge is 2.37. The van der Waals surface area contributed by atoms with E-state index < -0.39 is 17.4 Å². The summed E-state index contributed by atoms with van der Waals surface area (Å²) in [4.78, 5) is 10.8. The largest absolute Gasteiger partial charge is 0.433 e. The Hall–Kier alpha value is -2.11. The van der Waals surface area contributed by atoms with E-state index in [1.165, 1.54) is 0 Å². The van der Waals surface area contributed by atoms with Crippen LogP contribution < -0.4 is 0 Å². The van der Waals surface area contributed by atoms with Crippen LogP contribution in [-0.2, 0) is 6.18 Å². The van der Waals surface area contributed by atoms with Gasteiger partial charge in [0.2, 0.25) is 0 Å². The van der Waals surface area contributed by atoms with Crippen molar-refractivity contribution in [2.45, 2.75) is 6.18 Å². The number of aromatic nitrogens is 2. The highest BCUT2D eigenvalue weighted by molar-refractivity contribution is 5.87. The average molecular weight is 240 g/mol. The van der Waals surface area contributed by atoms with Gasteiger partial charge in [0.15, 0.2) is 12.0 Å². The molecular formula is C11H7F3N2O. The molecule has 1 aromatic carbocycles. The molecule has 88 valence electrons. The third-order valence-corrected chi connectivity index (χ3v) is 2.25. The maximum absolute atomic E-state index is 12.5. The van der Waals surface area contributed by atoms with Crippen LogP contribution in [-0.4, -0.2) is 16.5 Å². The van der Waals surface area contributed by atoms with Crippen LogP contribution in [0.3, 0.4) is 0 Å². The Morgan fingerprint density at radius 2 is 1.82 bits per heavy atom. The van der Waals surface area contributed by atoms with Gasteiger partial charge in [0, 0.05) is 5.56 Å². The lowest BCUT2D eigenvalue weighted by Crippen LogP contribution is -2.08. The van der Waals surface area contributed by atoms with Crippen molar-refractivity contribution in [1.29, 1.82) is 0 Å². The zero-order valence-electron chi connectivity index (χ0n) is 8.45. The first-order valence-corrected chi connectivity index (χ1v) is 4.70. The Bertz CT molecular complexity index is 531. The van der Waals surface area contributed by atoms with Gasteiger partial charge in [-0.15, -0.1) is 0 Å². The molecule has 2 rings (SSSR count). The first-order chi connectivity index (χ1) is 8.04. The van der Waals surface area contributed by atoms with Gasteiger partial charge in [-0.05, 0) is 0 Å². The Kier molecular flexibility index (Phi) is 2.71. The van der Waals surface area contributed by atoms with Gasteiger partial charge < -0.3 is 0 Å². The monoisotopic (exact) mass is 240 g/mol. The Morgan fingerprint density at radius 3 is 2.35 bits per heavy atom. The van der Waals surface area contributed by atoms with Crippen molar-refractivity contribution in [1.82, 2.24) is 10.2 Å². The van der Waals surface area contributed by atoms with Crippen LogP contribution in [0.1, 0.15) is 16.1 Å². The van der Waals surface area contributed by atoms with Crippen molar-refractivity contribution in [2.75, 3.05) is 0 Å². The number of nitrogens with zero attached hydrogens (tertiary/aromatic N) is 1. The lowest BCUT2D eigenvalue weighted by molar-refractivity contribution is -0.141. The van der Waals surface area contributed by atoms with Gasteiger partial charge in [-0.25, -0.2) is 0 Å². The molecule has 0 unspecified atom stereocenters. The number of carbonyl (C=O) groups excluding carboxylic acids is 1. The first-order valence-electron chi connectivity index (χ1n) is 4.70. The van der Waals surface area contributed by atoms with Gasteiger partial charge in [-0.1, -0.05) is 30.3 Å². The van der Waals surface area contributed by atoms with Crippen LogP contribution >= 0.6 is 0 Å². The van der Waals surface area contributed by atoms with Gasteiger partial charge in [0.05, 0.1) is 5.56 Å². The van der Waals surface area contributed by atoms with Gasteiger partial charge >= 0.3 is 6.18 Å². The maximum Gasteiger partial charge on any atom is 0.433 e. The Labute approximate surface area is 94.3 Å². The van der Waals surface area contributed by atoms with E-state index in [0.717, 1.165) is 0 Å². The van der Waals surface area contributed by atoms with Gasteiger partial charge in [-0.3, -0.25) is 9.89 Å². The van der Waals surface area contributed by atoms with Crippen LogP contribution in [0.15, 0.2) is 30.3 Å². The molecule has 0 amide bonds. The summed E-state index contributed by atoms with van der Waals surface area (Å²) < 4.78 is 37.6. The Balaban J connectivity index is 2.58. The number of aromatic amines is 1. The molecule has 0 radical (unpaired) electrons. The van der Waals surface area contributed by atoms with Crippen LogP contribution in [0, 0.1) is 0 Å². The first kappa shape index (κ1) is 11.4. The minimum atomic E-state index is -4.61. The fourth-order valence-corrected chi connectivity index (χ4v) is 1.50. The molecule has 1 aromatic heterocycles. The number of benzene rings is 1. The molecular weight excluding hydrogens is 233 g/mol. The van der Waals surface area contributed by atoms with Crippen molar-refractivity contribution in [3.05, 3.63) is 41.6 Å². The van der Waals surface area contributed by atoms with Crippen molar-refractivity contribution in [2.24, 2.45) is 0 Å². The fourth-order valence-electron chi connectivity index (χ4n) is 1.50. The lowest BCUT2D eigenvalue weighted by atomic mass is 10.1. The number of hydrogen-bond acceptors (Lipinski definition) is 2. The third-order valence-electron chi connectivity index (χ3n) is 2.25. The molecule has 2 aromatic rings. The maximum atomic E-state index is 12.5. The van der Waals surface area contributed by atoms with Crippen molar-refractivity contribution < 1.29 is 18.0 Å². The molecule has 3 nitrogen and oxygen atoms in total. The van der Waals surface area contributed by atoms with E-state index in [1.54, 1.807) is 30.3 Å². The number of nitrogens with one attached hydrogen (secondary N) is 1. The molecule has 0 aliphatic carbocycles. The van der Waals surface area contributed by atoms with Crippen molar-refractivity contribution in [3.63, 3.8) is 0 Å². The minimum Gasteiger partial charge on any atom is -0.298 e. The molecule has 0 bridgehead atoms. The number of H-pyrrole nitrogens is 1. The van der Waals surface area contributed by atoms with Crippen molar-refractivity contribution >= 4 is 6.29 Å². The molecule has 0 saturated heterocycles. The van der Waals surface area contributed by atoms with Crippen LogP contribution in [0.4, 0.5) is 13.2 Å². The molecule has 0 saturated carbocycles. The molecule has 6 heteroatoms. The lowest BCUT2D eigenvalue weighted by Gasteiger charge is -2.03. The summed E-state index contributed by atoms with van der Waals surface area (Å²) in [7, 11) is 0. The van der Waals surface area contributed by atoms with Gasteiger partial charge in [-0.2, -0.15) is 18.3 Å². The van der Waals surface area contributed by atoms with Crippen LogP contribution in [0.25, 0.3) is 11.3 Å². The molecule has 0 spiro atoms. The second-order valence-electron chi connectivity index (χ2n) is 3.34. The predicted octanol–water partition coefficient (Wildman–Crippen LogP) is 2.91. The van der Waals surface area contributed by atoms with E-state index in [9.17, 15) is 18.0 Å². The SMILES string of the molecule is O=Cc1c(-c2ccccc2)n[nH]c1C(F)(F)F. The topological polar surface area (TPSA) is 45.8 Å². The molecule has 1 heterocycles.